The molecule has 3 aromatic rings. The van der Waals surface area contributed by atoms with E-state index in [2.05, 4.69) is 10.3 Å². The Morgan fingerprint density at radius 3 is 2.86 bits per heavy atom. The zero-order valence-corrected chi connectivity index (χ0v) is 12.2. The highest BCUT2D eigenvalue weighted by Gasteiger charge is 2.11. The average Bonchev–Trinajstić information content (AvgIpc) is 2.55. The molecule has 0 aliphatic rings. The van der Waals surface area contributed by atoms with Crippen molar-refractivity contribution in [1.29, 1.82) is 0 Å². The van der Waals surface area contributed by atoms with Crippen molar-refractivity contribution in [3.05, 3.63) is 66.5 Å². The largest absolute Gasteiger partial charge is 0.462 e. The molecule has 4 nitrogen and oxygen atoms in total. The Hall–Kier alpha value is -2.88. The third-order valence-electron chi connectivity index (χ3n) is 3.34. The van der Waals surface area contributed by atoms with Gasteiger partial charge in [-0.1, -0.05) is 18.2 Å². The van der Waals surface area contributed by atoms with Crippen LogP contribution in [-0.4, -0.2) is 17.6 Å². The lowest BCUT2D eigenvalue weighted by Gasteiger charge is -2.11. The number of anilines is 2. The van der Waals surface area contributed by atoms with Crippen LogP contribution in [0.5, 0.6) is 0 Å². The average molecular weight is 292 g/mol. The predicted octanol–water partition coefficient (Wildman–Crippen LogP) is 4.16. The van der Waals surface area contributed by atoms with E-state index in [9.17, 15) is 4.79 Å². The molecule has 1 N–H and O–H groups in total. The number of hydrogen-bond donors (Lipinski definition) is 1. The number of hydrogen-bond acceptors (Lipinski definition) is 4. The van der Waals surface area contributed by atoms with Crippen LogP contribution < -0.4 is 5.32 Å². The van der Waals surface area contributed by atoms with Crippen LogP contribution in [0.2, 0.25) is 0 Å². The van der Waals surface area contributed by atoms with Crippen molar-refractivity contribution in [2.45, 2.75) is 6.92 Å². The van der Waals surface area contributed by atoms with Gasteiger partial charge in [0.05, 0.1) is 17.9 Å². The minimum Gasteiger partial charge on any atom is -0.462 e. The van der Waals surface area contributed by atoms with Crippen LogP contribution in [-0.2, 0) is 4.74 Å². The lowest BCUT2D eigenvalue weighted by atomic mass is 10.1. The first-order valence-electron chi connectivity index (χ1n) is 7.15. The van der Waals surface area contributed by atoms with Gasteiger partial charge in [0.15, 0.2) is 0 Å². The Labute approximate surface area is 128 Å². The summed E-state index contributed by atoms with van der Waals surface area (Å²) in [6.45, 7) is 2.15. The molecular weight excluding hydrogens is 276 g/mol. The number of benzene rings is 2. The lowest BCUT2D eigenvalue weighted by molar-refractivity contribution is 0.0527. The summed E-state index contributed by atoms with van der Waals surface area (Å²) in [6.07, 6.45) is 3.59. The molecule has 110 valence electrons. The topological polar surface area (TPSA) is 51.2 Å². The number of carbonyl (C=O) groups excluding carboxylic acids is 1. The number of ether oxygens (including phenoxy) is 1. The fourth-order valence-corrected chi connectivity index (χ4v) is 2.30. The molecule has 2 aromatic carbocycles. The molecule has 0 aliphatic carbocycles. The van der Waals surface area contributed by atoms with E-state index in [4.69, 9.17) is 4.74 Å². The summed E-state index contributed by atoms with van der Waals surface area (Å²) in [7, 11) is 0. The van der Waals surface area contributed by atoms with E-state index in [0.717, 1.165) is 22.1 Å². The molecule has 3 rings (SSSR count). The summed E-state index contributed by atoms with van der Waals surface area (Å²) >= 11 is 0. The second-order valence-corrected chi connectivity index (χ2v) is 4.83. The smallest absolute Gasteiger partial charge is 0.340 e. The number of pyridine rings is 1. The summed E-state index contributed by atoms with van der Waals surface area (Å²) in [5.41, 5.74) is 2.15. The number of aromatic nitrogens is 1. The maximum absolute atomic E-state index is 12.0. The summed E-state index contributed by atoms with van der Waals surface area (Å²) in [4.78, 5) is 16.1. The zero-order chi connectivity index (χ0) is 15.4. The molecule has 22 heavy (non-hydrogen) atoms. The van der Waals surface area contributed by atoms with Gasteiger partial charge in [0.1, 0.15) is 0 Å². The van der Waals surface area contributed by atoms with E-state index in [-0.39, 0.29) is 5.97 Å². The fraction of sp³-hybridized carbons (Fsp3) is 0.111. The van der Waals surface area contributed by atoms with Crippen LogP contribution in [0.15, 0.2) is 60.9 Å². The third kappa shape index (κ3) is 2.91. The Balaban J connectivity index is 1.93. The van der Waals surface area contributed by atoms with Gasteiger partial charge in [0, 0.05) is 23.5 Å². The van der Waals surface area contributed by atoms with E-state index in [1.807, 2.05) is 48.7 Å². The molecule has 0 saturated heterocycles. The molecule has 0 spiro atoms. The van der Waals surface area contributed by atoms with Crippen molar-refractivity contribution in [1.82, 2.24) is 4.98 Å². The Morgan fingerprint density at radius 1 is 1.14 bits per heavy atom. The molecule has 0 bridgehead atoms. The number of nitrogens with zero attached hydrogens (tertiary/aromatic N) is 1. The van der Waals surface area contributed by atoms with Gasteiger partial charge in [0.25, 0.3) is 0 Å². The van der Waals surface area contributed by atoms with Gasteiger partial charge in [0.2, 0.25) is 0 Å². The van der Waals surface area contributed by atoms with Crippen molar-refractivity contribution >= 4 is 28.1 Å². The van der Waals surface area contributed by atoms with E-state index < -0.39 is 0 Å². The van der Waals surface area contributed by atoms with Crippen molar-refractivity contribution < 1.29 is 9.53 Å². The van der Waals surface area contributed by atoms with Gasteiger partial charge in [-0.05, 0) is 42.6 Å². The molecule has 0 radical (unpaired) electrons. The minimum absolute atomic E-state index is 0.326. The van der Waals surface area contributed by atoms with Crippen molar-refractivity contribution in [3.8, 4) is 0 Å². The van der Waals surface area contributed by atoms with Crippen LogP contribution >= 0.6 is 0 Å². The second-order valence-electron chi connectivity index (χ2n) is 4.83. The molecule has 0 amide bonds. The summed E-state index contributed by atoms with van der Waals surface area (Å²) in [5.74, 6) is -0.326. The molecule has 0 unspecified atom stereocenters. The van der Waals surface area contributed by atoms with E-state index in [0.29, 0.717) is 12.2 Å². The SMILES string of the molecule is CCOC(=O)c1ccccc1Nc1ccc2ccncc2c1. The first-order chi connectivity index (χ1) is 10.8. The van der Waals surface area contributed by atoms with Gasteiger partial charge >= 0.3 is 5.97 Å². The number of carbonyl (C=O) groups is 1. The van der Waals surface area contributed by atoms with E-state index in [1.54, 1.807) is 19.2 Å². The number of rotatable bonds is 4. The Morgan fingerprint density at radius 2 is 2.00 bits per heavy atom. The second kappa shape index (κ2) is 6.26. The maximum Gasteiger partial charge on any atom is 0.340 e. The number of fused-ring (bicyclic) bond motifs is 1. The normalized spacial score (nSPS) is 10.4. The van der Waals surface area contributed by atoms with Crippen LogP contribution in [0.25, 0.3) is 10.8 Å². The van der Waals surface area contributed by atoms with Gasteiger partial charge in [-0.2, -0.15) is 0 Å². The van der Waals surface area contributed by atoms with E-state index >= 15 is 0 Å². The third-order valence-corrected chi connectivity index (χ3v) is 3.34. The maximum atomic E-state index is 12.0. The number of esters is 1. The Kier molecular flexibility index (Phi) is 4.01. The molecule has 1 aromatic heterocycles. The van der Waals surface area contributed by atoms with Crippen LogP contribution in [0.4, 0.5) is 11.4 Å². The highest BCUT2D eigenvalue weighted by Crippen LogP contribution is 2.24. The molecular formula is C18H16N2O2. The standard InChI is InChI=1S/C18H16N2O2/c1-2-22-18(21)16-5-3-4-6-17(16)20-15-8-7-13-9-10-19-12-14(13)11-15/h3-12,20H,2H2,1H3. The van der Waals surface area contributed by atoms with Crippen LogP contribution in [0.3, 0.4) is 0 Å². The van der Waals surface area contributed by atoms with E-state index in [1.165, 1.54) is 0 Å². The van der Waals surface area contributed by atoms with Gasteiger partial charge in [-0.25, -0.2) is 4.79 Å². The quantitative estimate of drug-likeness (QED) is 0.734. The van der Waals surface area contributed by atoms with Crippen molar-refractivity contribution in [2.24, 2.45) is 0 Å². The van der Waals surface area contributed by atoms with Crippen LogP contribution in [0, 0.1) is 0 Å². The molecule has 1 heterocycles. The summed E-state index contributed by atoms with van der Waals surface area (Å²) in [6, 6.07) is 15.3. The van der Waals surface area contributed by atoms with Crippen LogP contribution in [0.1, 0.15) is 17.3 Å². The molecule has 0 saturated carbocycles. The summed E-state index contributed by atoms with van der Waals surface area (Å²) < 4.78 is 5.09. The summed E-state index contributed by atoms with van der Waals surface area (Å²) in [5, 5.41) is 5.44. The van der Waals surface area contributed by atoms with Gasteiger partial charge in [-0.15, -0.1) is 0 Å². The molecule has 4 heteroatoms. The minimum atomic E-state index is -0.326. The lowest BCUT2D eigenvalue weighted by Crippen LogP contribution is -2.07. The predicted molar refractivity (Wildman–Crippen MR) is 87.4 cm³/mol. The van der Waals surface area contributed by atoms with Crippen molar-refractivity contribution in [2.75, 3.05) is 11.9 Å². The van der Waals surface area contributed by atoms with Gasteiger partial charge in [-0.3, -0.25) is 4.98 Å². The fourth-order valence-electron chi connectivity index (χ4n) is 2.30. The molecule has 0 aliphatic heterocycles. The monoisotopic (exact) mass is 292 g/mol. The molecule has 0 fully saturated rings. The first kappa shape index (κ1) is 14.1. The molecule has 0 atom stereocenters. The number of para-hydroxylation sites is 1. The Bertz CT molecular complexity index is 815. The number of nitrogens with one attached hydrogen (secondary N) is 1. The van der Waals surface area contributed by atoms with Gasteiger partial charge < -0.3 is 10.1 Å². The van der Waals surface area contributed by atoms with Crippen molar-refractivity contribution in [3.63, 3.8) is 0 Å². The first-order valence-corrected chi connectivity index (χ1v) is 7.15. The highest BCUT2D eigenvalue weighted by molar-refractivity contribution is 5.97. The highest BCUT2D eigenvalue weighted by atomic mass is 16.5. The zero-order valence-electron chi connectivity index (χ0n) is 12.2.